The second kappa shape index (κ2) is 4.81. The van der Waals surface area contributed by atoms with Crippen molar-refractivity contribution in [3.63, 3.8) is 0 Å². The first-order valence-corrected chi connectivity index (χ1v) is 6.43. The molecule has 0 saturated heterocycles. The monoisotopic (exact) mass is 318 g/mol. The highest BCUT2D eigenvalue weighted by atomic mass is 35.5. The summed E-state index contributed by atoms with van der Waals surface area (Å²) in [6.45, 7) is 0. The maximum Gasteiger partial charge on any atom is 0.338 e. The van der Waals surface area contributed by atoms with Gasteiger partial charge in [-0.05, 0) is 18.2 Å². The average molecular weight is 319 g/mol. The molecular weight excluding hydrogens is 312 g/mol. The molecule has 7 nitrogen and oxygen atoms in total. The van der Waals surface area contributed by atoms with Gasteiger partial charge in [0, 0.05) is 22.5 Å². The number of carboxylic acids is 1. The molecule has 0 radical (unpaired) electrons. The van der Waals surface area contributed by atoms with Gasteiger partial charge in [0.05, 0.1) is 26.9 Å². The van der Waals surface area contributed by atoms with E-state index in [2.05, 4.69) is 4.98 Å². The molecule has 1 heterocycles. The van der Waals surface area contributed by atoms with Crippen LogP contribution in [0.4, 0.5) is 5.69 Å². The van der Waals surface area contributed by atoms with Gasteiger partial charge in [-0.1, -0.05) is 11.6 Å². The minimum absolute atomic E-state index is 0.0258. The zero-order valence-electron chi connectivity index (χ0n) is 10.8. The molecule has 22 heavy (non-hydrogen) atoms. The zero-order chi connectivity index (χ0) is 16.0. The van der Waals surface area contributed by atoms with Crippen molar-refractivity contribution in [1.29, 1.82) is 0 Å². The number of nitrogens with zero attached hydrogens (tertiary/aromatic N) is 1. The van der Waals surface area contributed by atoms with E-state index < -0.39 is 22.0 Å². The molecule has 0 spiro atoms. The van der Waals surface area contributed by atoms with Crippen molar-refractivity contribution in [2.24, 2.45) is 0 Å². The number of aromatic nitrogens is 1. The van der Waals surface area contributed by atoms with E-state index in [4.69, 9.17) is 11.6 Å². The highest BCUT2D eigenvalue weighted by Gasteiger charge is 2.19. The maximum absolute atomic E-state index is 12.5. The highest BCUT2D eigenvalue weighted by molar-refractivity contribution is 6.31. The molecule has 0 unspecified atom stereocenters. The molecule has 110 valence electrons. The van der Waals surface area contributed by atoms with Crippen LogP contribution in [0.2, 0.25) is 5.02 Å². The molecule has 3 aromatic rings. The average Bonchev–Trinajstić information content (AvgIpc) is 2.46. The number of halogens is 1. The molecule has 0 atom stereocenters. The van der Waals surface area contributed by atoms with Gasteiger partial charge in [-0.15, -0.1) is 0 Å². The summed E-state index contributed by atoms with van der Waals surface area (Å²) in [5.41, 5.74) is -0.905. The van der Waals surface area contributed by atoms with Gasteiger partial charge in [-0.2, -0.15) is 0 Å². The van der Waals surface area contributed by atoms with Crippen LogP contribution < -0.4 is 5.43 Å². The highest BCUT2D eigenvalue weighted by Crippen LogP contribution is 2.25. The maximum atomic E-state index is 12.5. The van der Waals surface area contributed by atoms with Crippen LogP contribution in [-0.2, 0) is 0 Å². The van der Waals surface area contributed by atoms with Crippen LogP contribution in [0.1, 0.15) is 10.4 Å². The van der Waals surface area contributed by atoms with Crippen LogP contribution in [0.25, 0.3) is 21.8 Å². The predicted octanol–water partition coefficient (Wildman–Crippen LogP) is 2.94. The lowest BCUT2D eigenvalue weighted by Gasteiger charge is -2.06. The fraction of sp³-hybridized carbons (Fsp3) is 0. The third kappa shape index (κ3) is 2.08. The first kappa shape index (κ1) is 14.0. The standard InChI is InChI=1S/C14H7ClN2O5/c15-6-1-2-8-11(3-6)16-12-9(13(8)18)4-7(17(21)22)5-10(12)14(19)20/h1-5H,(H,16,18)(H,19,20). The number of nitrogens with one attached hydrogen (secondary N) is 1. The first-order chi connectivity index (χ1) is 10.4. The number of carboxylic acid groups (broad SMARTS) is 1. The number of fused-ring (bicyclic) bond motifs is 2. The van der Waals surface area contributed by atoms with Crippen molar-refractivity contribution < 1.29 is 14.8 Å². The van der Waals surface area contributed by atoms with Crippen LogP contribution in [-0.4, -0.2) is 21.0 Å². The quantitative estimate of drug-likeness (QED) is 0.428. The molecule has 2 N–H and O–H groups in total. The van der Waals surface area contributed by atoms with Crippen LogP contribution in [0.15, 0.2) is 35.1 Å². The number of carbonyl (C=O) groups is 1. The fourth-order valence-corrected chi connectivity index (χ4v) is 2.48. The molecule has 0 aliphatic carbocycles. The Morgan fingerprint density at radius 1 is 1.23 bits per heavy atom. The van der Waals surface area contributed by atoms with Gasteiger partial charge >= 0.3 is 5.97 Å². The van der Waals surface area contributed by atoms with Gasteiger partial charge < -0.3 is 10.1 Å². The molecule has 1 aromatic heterocycles. The molecule has 2 aromatic carbocycles. The molecule has 0 fully saturated rings. The summed E-state index contributed by atoms with van der Waals surface area (Å²) in [4.78, 5) is 36.8. The van der Waals surface area contributed by atoms with E-state index in [9.17, 15) is 24.8 Å². The van der Waals surface area contributed by atoms with E-state index in [-0.39, 0.29) is 21.9 Å². The molecule has 0 aliphatic heterocycles. The van der Waals surface area contributed by atoms with Gasteiger partial charge in [0.2, 0.25) is 0 Å². The van der Waals surface area contributed by atoms with Gasteiger partial charge in [0.1, 0.15) is 0 Å². The zero-order valence-corrected chi connectivity index (χ0v) is 11.5. The van der Waals surface area contributed by atoms with Gasteiger partial charge in [-0.3, -0.25) is 14.9 Å². The number of benzene rings is 2. The number of aromatic carboxylic acids is 1. The fourth-order valence-electron chi connectivity index (χ4n) is 2.31. The van der Waals surface area contributed by atoms with Crippen molar-refractivity contribution >= 4 is 45.1 Å². The Morgan fingerprint density at radius 2 is 1.95 bits per heavy atom. The Balaban J connectivity index is 2.57. The van der Waals surface area contributed by atoms with Crippen molar-refractivity contribution in [2.45, 2.75) is 0 Å². The Hall–Kier alpha value is -2.93. The lowest BCUT2D eigenvalue weighted by molar-refractivity contribution is -0.384. The van der Waals surface area contributed by atoms with E-state index >= 15 is 0 Å². The molecular formula is C14H7ClN2O5. The topological polar surface area (TPSA) is 113 Å². The Kier molecular flexibility index (Phi) is 3.07. The number of nitro benzene ring substituents is 1. The van der Waals surface area contributed by atoms with Crippen LogP contribution in [0, 0.1) is 10.1 Å². The Bertz CT molecular complexity index is 1030. The summed E-state index contributed by atoms with van der Waals surface area (Å²) in [6.07, 6.45) is 0. The molecule has 0 aliphatic rings. The van der Waals surface area contributed by atoms with E-state index in [0.29, 0.717) is 10.5 Å². The predicted molar refractivity (Wildman–Crippen MR) is 80.7 cm³/mol. The molecule has 0 amide bonds. The van der Waals surface area contributed by atoms with Crippen molar-refractivity contribution in [3.8, 4) is 0 Å². The number of H-pyrrole nitrogens is 1. The number of non-ortho nitro benzene ring substituents is 1. The van der Waals surface area contributed by atoms with E-state index in [1.807, 2.05) is 0 Å². The largest absolute Gasteiger partial charge is 0.478 e. The van der Waals surface area contributed by atoms with Crippen molar-refractivity contribution in [3.05, 3.63) is 61.3 Å². The van der Waals surface area contributed by atoms with E-state index in [1.54, 1.807) is 0 Å². The van der Waals surface area contributed by atoms with Gasteiger partial charge in [-0.25, -0.2) is 4.79 Å². The Labute approximate surface area is 126 Å². The third-order valence-corrected chi connectivity index (χ3v) is 3.53. The second-order valence-corrected chi connectivity index (χ2v) is 5.06. The third-order valence-electron chi connectivity index (χ3n) is 3.29. The summed E-state index contributed by atoms with van der Waals surface area (Å²) in [6, 6.07) is 6.46. The normalized spacial score (nSPS) is 11.0. The Morgan fingerprint density at radius 3 is 2.59 bits per heavy atom. The summed E-state index contributed by atoms with van der Waals surface area (Å²) in [5, 5.41) is 20.8. The summed E-state index contributed by atoms with van der Waals surface area (Å²) >= 11 is 5.86. The molecule has 8 heteroatoms. The SMILES string of the molecule is O=C(O)c1cc([N+](=O)[O-])cc2c(=O)c3ccc(Cl)cc3[nH]c12. The lowest BCUT2D eigenvalue weighted by atomic mass is 10.1. The van der Waals surface area contributed by atoms with Crippen LogP contribution >= 0.6 is 11.6 Å². The summed E-state index contributed by atoms with van der Waals surface area (Å²) in [5.74, 6) is -1.37. The summed E-state index contributed by atoms with van der Waals surface area (Å²) < 4.78 is 0. The molecule has 0 saturated carbocycles. The van der Waals surface area contributed by atoms with Gasteiger partial charge in [0.25, 0.3) is 5.69 Å². The minimum Gasteiger partial charge on any atom is -0.478 e. The first-order valence-electron chi connectivity index (χ1n) is 6.05. The number of nitro groups is 1. The number of hydrogen-bond acceptors (Lipinski definition) is 4. The smallest absolute Gasteiger partial charge is 0.338 e. The van der Waals surface area contributed by atoms with E-state index in [1.165, 1.54) is 18.2 Å². The van der Waals surface area contributed by atoms with Gasteiger partial charge in [0.15, 0.2) is 5.43 Å². The lowest BCUT2D eigenvalue weighted by Crippen LogP contribution is -2.09. The van der Waals surface area contributed by atoms with Crippen LogP contribution in [0.3, 0.4) is 0 Å². The minimum atomic E-state index is -1.37. The number of hydrogen-bond donors (Lipinski definition) is 2. The van der Waals surface area contributed by atoms with Crippen molar-refractivity contribution in [2.75, 3.05) is 0 Å². The van der Waals surface area contributed by atoms with Crippen LogP contribution in [0.5, 0.6) is 0 Å². The second-order valence-electron chi connectivity index (χ2n) is 4.62. The molecule has 0 bridgehead atoms. The van der Waals surface area contributed by atoms with Crippen molar-refractivity contribution in [1.82, 2.24) is 4.98 Å². The molecule has 3 rings (SSSR count). The number of pyridine rings is 1. The summed E-state index contributed by atoms with van der Waals surface area (Å²) in [7, 11) is 0. The number of rotatable bonds is 2. The van der Waals surface area contributed by atoms with E-state index in [0.717, 1.165) is 12.1 Å². The number of aromatic amines is 1.